The highest BCUT2D eigenvalue weighted by Gasteiger charge is 2.20. The van der Waals surface area contributed by atoms with Gasteiger partial charge in [0.15, 0.2) is 0 Å². The number of anilines is 1. The molecule has 1 aliphatic rings. The second-order valence-electron chi connectivity index (χ2n) is 3.92. The van der Waals surface area contributed by atoms with Crippen LogP contribution in [0.5, 0.6) is 0 Å². The van der Waals surface area contributed by atoms with Crippen LogP contribution in [0.1, 0.15) is 12.8 Å². The van der Waals surface area contributed by atoms with Crippen LogP contribution in [0.2, 0.25) is 0 Å². The van der Waals surface area contributed by atoms with Gasteiger partial charge in [0.05, 0.1) is 11.9 Å². The maximum absolute atomic E-state index is 11.8. The third kappa shape index (κ3) is 2.56. The van der Waals surface area contributed by atoms with E-state index in [1.807, 2.05) is 7.05 Å². The molecule has 2 heterocycles. The summed E-state index contributed by atoms with van der Waals surface area (Å²) in [6.45, 7) is 1.87. The Morgan fingerprint density at radius 2 is 2.33 bits per heavy atom. The molecule has 82 valence electrons. The lowest BCUT2D eigenvalue weighted by molar-refractivity contribution is -0.120. The Bertz CT molecular complexity index is 341. The molecule has 0 atom stereocenters. The van der Waals surface area contributed by atoms with Gasteiger partial charge in [0.2, 0.25) is 5.91 Å². The second kappa shape index (κ2) is 4.44. The summed E-state index contributed by atoms with van der Waals surface area (Å²) >= 11 is 0. The summed E-state index contributed by atoms with van der Waals surface area (Å²) in [5.74, 6) is 0.260. The lowest BCUT2D eigenvalue weighted by Crippen LogP contribution is -2.34. The van der Waals surface area contributed by atoms with Gasteiger partial charge in [-0.15, -0.1) is 0 Å². The maximum Gasteiger partial charge on any atom is 0.227 e. The average Bonchev–Trinajstić information content (AvgIpc) is 2.65. The maximum atomic E-state index is 11.8. The number of nitrogens with zero attached hydrogens (tertiary/aromatic N) is 2. The second-order valence-corrected chi connectivity index (χ2v) is 3.92. The van der Waals surface area contributed by atoms with E-state index in [9.17, 15) is 4.79 Å². The van der Waals surface area contributed by atoms with Crippen LogP contribution in [0.25, 0.3) is 0 Å². The Hall–Kier alpha value is -1.36. The number of hydrogen-bond donors (Lipinski definition) is 2. The van der Waals surface area contributed by atoms with Gasteiger partial charge < -0.3 is 10.6 Å². The molecular formula is C10H16N4O. The number of aryl methyl sites for hydroxylation is 1. The first kappa shape index (κ1) is 10.2. The molecule has 1 aromatic rings. The number of carbonyl (C=O) groups excluding carboxylic acids is 1. The molecule has 0 unspecified atom stereocenters. The molecule has 5 nitrogen and oxygen atoms in total. The normalized spacial score (nSPS) is 17.7. The van der Waals surface area contributed by atoms with Crippen LogP contribution in [0.3, 0.4) is 0 Å². The standard InChI is InChI=1S/C10H16N4O/c1-14-7-9(6-12-14)13-10(15)8-2-4-11-5-3-8/h6-8,11H,2-5H2,1H3,(H,13,15). The molecule has 5 heteroatoms. The molecule has 1 amide bonds. The molecule has 1 aliphatic heterocycles. The van der Waals surface area contributed by atoms with Gasteiger partial charge in [0, 0.05) is 19.2 Å². The fourth-order valence-electron chi connectivity index (χ4n) is 1.81. The number of hydrogen-bond acceptors (Lipinski definition) is 3. The molecule has 0 saturated carbocycles. The first-order valence-electron chi connectivity index (χ1n) is 5.26. The van der Waals surface area contributed by atoms with Crippen molar-refractivity contribution in [1.29, 1.82) is 0 Å². The molecule has 15 heavy (non-hydrogen) atoms. The van der Waals surface area contributed by atoms with Crippen LogP contribution in [0.15, 0.2) is 12.4 Å². The number of nitrogens with one attached hydrogen (secondary N) is 2. The summed E-state index contributed by atoms with van der Waals surface area (Å²) in [5.41, 5.74) is 0.779. The number of amides is 1. The SMILES string of the molecule is Cn1cc(NC(=O)C2CCNCC2)cn1. The summed E-state index contributed by atoms with van der Waals surface area (Å²) in [7, 11) is 1.83. The van der Waals surface area contributed by atoms with Crippen LogP contribution in [0.4, 0.5) is 5.69 Å². The van der Waals surface area contributed by atoms with Gasteiger partial charge in [-0.05, 0) is 25.9 Å². The van der Waals surface area contributed by atoms with E-state index in [0.717, 1.165) is 31.6 Å². The largest absolute Gasteiger partial charge is 0.323 e. The van der Waals surface area contributed by atoms with Crippen molar-refractivity contribution in [1.82, 2.24) is 15.1 Å². The number of piperidine rings is 1. The van der Waals surface area contributed by atoms with E-state index in [-0.39, 0.29) is 11.8 Å². The van der Waals surface area contributed by atoms with Crippen LogP contribution >= 0.6 is 0 Å². The average molecular weight is 208 g/mol. The predicted molar refractivity (Wildman–Crippen MR) is 57.4 cm³/mol. The fraction of sp³-hybridized carbons (Fsp3) is 0.600. The monoisotopic (exact) mass is 208 g/mol. The van der Waals surface area contributed by atoms with Gasteiger partial charge in [-0.3, -0.25) is 9.48 Å². The minimum absolute atomic E-state index is 0.115. The highest BCUT2D eigenvalue weighted by molar-refractivity contribution is 5.92. The van der Waals surface area contributed by atoms with Crippen molar-refractivity contribution in [2.45, 2.75) is 12.8 Å². The number of rotatable bonds is 2. The molecule has 1 aromatic heterocycles. The fourth-order valence-corrected chi connectivity index (χ4v) is 1.81. The van der Waals surface area contributed by atoms with E-state index >= 15 is 0 Å². The molecular weight excluding hydrogens is 192 g/mol. The zero-order valence-electron chi connectivity index (χ0n) is 8.86. The van der Waals surface area contributed by atoms with Gasteiger partial charge in [0.1, 0.15) is 0 Å². The third-order valence-electron chi connectivity index (χ3n) is 2.68. The summed E-state index contributed by atoms with van der Waals surface area (Å²) in [4.78, 5) is 11.8. The van der Waals surface area contributed by atoms with Crippen molar-refractivity contribution < 1.29 is 4.79 Å². The Labute approximate surface area is 88.8 Å². The molecule has 0 aliphatic carbocycles. The number of carbonyl (C=O) groups is 1. The van der Waals surface area contributed by atoms with Crippen LogP contribution in [0, 0.1) is 5.92 Å². The lowest BCUT2D eigenvalue weighted by atomic mass is 9.97. The van der Waals surface area contributed by atoms with Crippen molar-refractivity contribution >= 4 is 11.6 Å². The lowest BCUT2D eigenvalue weighted by Gasteiger charge is -2.21. The third-order valence-corrected chi connectivity index (χ3v) is 2.68. The Balaban J connectivity index is 1.91. The topological polar surface area (TPSA) is 59.0 Å². The van der Waals surface area contributed by atoms with E-state index in [1.165, 1.54) is 0 Å². The minimum atomic E-state index is 0.115. The van der Waals surface area contributed by atoms with E-state index in [2.05, 4.69) is 15.7 Å². The zero-order chi connectivity index (χ0) is 10.7. The van der Waals surface area contributed by atoms with E-state index in [1.54, 1.807) is 17.1 Å². The Morgan fingerprint density at radius 1 is 1.60 bits per heavy atom. The molecule has 1 saturated heterocycles. The van der Waals surface area contributed by atoms with Crippen molar-refractivity contribution in [3.8, 4) is 0 Å². The van der Waals surface area contributed by atoms with Crippen LogP contribution < -0.4 is 10.6 Å². The molecule has 0 aromatic carbocycles. The molecule has 0 radical (unpaired) electrons. The van der Waals surface area contributed by atoms with Gasteiger partial charge in [-0.1, -0.05) is 0 Å². The van der Waals surface area contributed by atoms with Gasteiger partial charge in [-0.2, -0.15) is 5.10 Å². The van der Waals surface area contributed by atoms with Crippen molar-refractivity contribution in [2.75, 3.05) is 18.4 Å². The van der Waals surface area contributed by atoms with Crippen molar-refractivity contribution in [3.05, 3.63) is 12.4 Å². The molecule has 0 spiro atoms. The van der Waals surface area contributed by atoms with Crippen molar-refractivity contribution in [3.63, 3.8) is 0 Å². The minimum Gasteiger partial charge on any atom is -0.323 e. The van der Waals surface area contributed by atoms with Crippen LogP contribution in [-0.2, 0) is 11.8 Å². The zero-order valence-corrected chi connectivity index (χ0v) is 8.86. The predicted octanol–water partition coefficient (Wildman–Crippen LogP) is 0.358. The highest BCUT2D eigenvalue weighted by Crippen LogP contribution is 2.14. The van der Waals surface area contributed by atoms with E-state index < -0.39 is 0 Å². The Kier molecular flexibility index (Phi) is 3.01. The molecule has 2 N–H and O–H groups in total. The summed E-state index contributed by atoms with van der Waals surface area (Å²) in [6.07, 6.45) is 5.32. The van der Waals surface area contributed by atoms with E-state index in [4.69, 9.17) is 0 Å². The smallest absolute Gasteiger partial charge is 0.227 e. The first-order valence-corrected chi connectivity index (χ1v) is 5.26. The van der Waals surface area contributed by atoms with Crippen LogP contribution in [-0.4, -0.2) is 28.8 Å². The Morgan fingerprint density at radius 3 is 2.93 bits per heavy atom. The first-order chi connectivity index (χ1) is 7.25. The summed E-state index contributed by atoms with van der Waals surface area (Å²) in [6, 6.07) is 0. The molecule has 0 bridgehead atoms. The summed E-state index contributed by atoms with van der Waals surface area (Å²) in [5, 5.41) is 10.1. The van der Waals surface area contributed by atoms with Gasteiger partial charge in [0.25, 0.3) is 0 Å². The van der Waals surface area contributed by atoms with E-state index in [0.29, 0.717) is 0 Å². The van der Waals surface area contributed by atoms with Gasteiger partial charge >= 0.3 is 0 Å². The molecule has 2 rings (SSSR count). The highest BCUT2D eigenvalue weighted by atomic mass is 16.1. The summed E-state index contributed by atoms with van der Waals surface area (Å²) < 4.78 is 1.68. The van der Waals surface area contributed by atoms with Gasteiger partial charge in [-0.25, -0.2) is 0 Å². The molecule has 1 fully saturated rings. The van der Waals surface area contributed by atoms with Crippen molar-refractivity contribution in [2.24, 2.45) is 13.0 Å². The quantitative estimate of drug-likeness (QED) is 0.737. The number of aromatic nitrogens is 2.